The molecule has 15 heavy (non-hydrogen) atoms. The van der Waals surface area contributed by atoms with E-state index in [-0.39, 0.29) is 18.1 Å². The van der Waals surface area contributed by atoms with Gasteiger partial charge in [0.05, 0.1) is 12.1 Å². The maximum atomic E-state index is 11.7. The van der Waals surface area contributed by atoms with E-state index in [1.54, 1.807) is 0 Å². The van der Waals surface area contributed by atoms with Gasteiger partial charge in [-0.15, -0.1) is 0 Å². The van der Waals surface area contributed by atoms with Crippen LogP contribution in [0.1, 0.15) is 32.1 Å². The first-order valence-electron chi connectivity index (χ1n) is 5.87. The highest BCUT2D eigenvalue weighted by Gasteiger charge is 2.35. The second kappa shape index (κ2) is 4.49. The average Bonchev–Trinajstić information content (AvgIpc) is 2.61. The average molecular weight is 212 g/mol. The lowest BCUT2D eigenvalue weighted by Gasteiger charge is -2.31. The zero-order chi connectivity index (χ0) is 10.7. The van der Waals surface area contributed by atoms with Gasteiger partial charge >= 0.3 is 0 Å². The Balaban J connectivity index is 1.80. The number of rotatable bonds is 4. The van der Waals surface area contributed by atoms with Crippen molar-refractivity contribution in [3.63, 3.8) is 0 Å². The lowest BCUT2D eigenvalue weighted by Crippen LogP contribution is -2.51. The van der Waals surface area contributed by atoms with Gasteiger partial charge in [-0.2, -0.15) is 0 Å². The van der Waals surface area contributed by atoms with Crippen molar-refractivity contribution in [2.75, 3.05) is 19.7 Å². The Labute approximate surface area is 90.4 Å². The van der Waals surface area contributed by atoms with Crippen LogP contribution in [-0.2, 0) is 4.79 Å². The highest BCUT2D eigenvalue weighted by atomic mass is 16.3. The number of nitrogens with one attached hydrogen (secondary N) is 2. The van der Waals surface area contributed by atoms with Crippen LogP contribution in [-0.4, -0.2) is 36.2 Å². The Morgan fingerprint density at radius 1 is 1.40 bits per heavy atom. The van der Waals surface area contributed by atoms with E-state index < -0.39 is 0 Å². The van der Waals surface area contributed by atoms with Gasteiger partial charge in [0.2, 0.25) is 5.91 Å². The van der Waals surface area contributed by atoms with Crippen LogP contribution < -0.4 is 10.6 Å². The Morgan fingerprint density at radius 2 is 2.07 bits per heavy atom. The lowest BCUT2D eigenvalue weighted by molar-refractivity contribution is -0.124. The van der Waals surface area contributed by atoms with Gasteiger partial charge in [0.1, 0.15) is 0 Å². The molecule has 0 aromatic heterocycles. The Kier molecular flexibility index (Phi) is 3.26. The van der Waals surface area contributed by atoms with Crippen molar-refractivity contribution in [1.82, 2.24) is 10.6 Å². The number of hydrogen-bond acceptors (Lipinski definition) is 3. The number of carbonyl (C=O) groups is 1. The summed E-state index contributed by atoms with van der Waals surface area (Å²) in [5.41, 5.74) is -0.297. The topological polar surface area (TPSA) is 61.4 Å². The first-order valence-corrected chi connectivity index (χ1v) is 5.87. The summed E-state index contributed by atoms with van der Waals surface area (Å²) in [5.74, 6) is 0.611. The third-order valence-electron chi connectivity index (χ3n) is 3.61. The Morgan fingerprint density at radius 3 is 2.53 bits per heavy atom. The van der Waals surface area contributed by atoms with Crippen LogP contribution in [0.3, 0.4) is 0 Å². The normalized spacial score (nSPS) is 24.9. The van der Waals surface area contributed by atoms with E-state index in [9.17, 15) is 9.90 Å². The van der Waals surface area contributed by atoms with Crippen LogP contribution in [0.25, 0.3) is 0 Å². The van der Waals surface area contributed by atoms with Gasteiger partial charge in [0, 0.05) is 6.42 Å². The molecule has 2 rings (SSSR count). The highest BCUT2D eigenvalue weighted by Crippen LogP contribution is 2.29. The van der Waals surface area contributed by atoms with E-state index in [1.165, 1.54) is 0 Å². The third-order valence-corrected chi connectivity index (χ3v) is 3.61. The summed E-state index contributed by atoms with van der Waals surface area (Å²) in [5, 5.41) is 15.5. The fraction of sp³-hybridized carbons (Fsp3) is 0.909. The summed E-state index contributed by atoms with van der Waals surface area (Å²) in [6, 6.07) is 0. The molecule has 2 aliphatic rings. The molecule has 1 saturated heterocycles. The van der Waals surface area contributed by atoms with E-state index in [0.29, 0.717) is 12.3 Å². The maximum absolute atomic E-state index is 11.7. The smallest absolute Gasteiger partial charge is 0.220 e. The van der Waals surface area contributed by atoms with E-state index >= 15 is 0 Å². The molecule has 0 aromatic carbocycles. The number of carbonyl (C=O) groups excluding carboxylic acids is 1. The van der Waals surface area contributed by atoms with Crippen molar-refractivity contribution < 1.29 is 9.90 Å². The van der Waals surface area contributed by atoms with Crippen molar-refractivity contribution in [3.05, 3.63) is 0 Å². The maximum Gasteiger partial charge on any atom is 0.220 e. The Hall–Kier alpha value is -0.610. The molecular formula is C11H20N2O2. The zero-order valence-electron chi connectivity index (χ0n) is 9.09. The molecule has 4 nitrogen and oxygen atoms in total. The van der Waals surface area contributed by atoms with Gasteiger partial charge in [0.15, 0.2) is 0 Å². The minimum Gasteiger partial charge on any atom is -0.394 e. The van der Waals surface area contributed by atoms with Crippen LogP contribution in [0.4, 0.5) is 0 Å². The molecule has 86 valence electrons. The van der Waals surface area contributed by atoms with Crippen LogP contribution in [0.15, 0.2) is 0 Å². The zero-order valence-corrected chi connectivity index (χ0v) is 9.09. The van der Waals surface area contributed by atoms with E-state index in [0.717, 1.165) is 38.8 Å². The number of aliphatic hydroxyl groups excluding tert-OH is 1. The third kappa shape index (κ3) is 2.49. The van der Waals surface area contributed by atoms with Gasteiger partial charge in [-0.05, 0) is 31.8 Å². The van der Waals surface area contributed by atoms with Crippen molar-refractivity contribution >= 4 is 5.91 Å². The van der Waals surface area contributed by atoms with E-state index in [4.69, 9.17) is 0 Å². The summed E-state index contributed by atoms with van der Waals surface area (Å²) < 4.78 is 0. The molecule has 1 aliphatic carbocycles. The molecule has 1 heterocycles. The van der Waals surface area contributed by atoms with E-state index in [1.807, 2.05) is 0 Å². The van der Waals surface area contributed by atoms with Crippen molar-refractivity contribution in [3.8, 4) is 0 Å². The largest absolute Gasteiger partial charge is 0.394 e. The molecule has 1 saturated carbocycles. The minimum atomic E-state index is -0.297. The number of aliphatic hydroxyl groups is 1. The Bertz CT molecular complexity index is 233. The van der Waals surface area contributed by atoms with Gasteiger partial charge in [0.25, 0.3) is 0 Å². The van der Waals surface area contributed by atoms with Crippen LogP contribution >= 0.6 is 0 Å². The lowest BCUT2D eigenvalue weighted by atomic mass is 9.95. The van der Waals surface area contributed by atoms with Gasteiger partial charge in [-0.1, -0.05) is 12.8 Å². The first kappa shape index (κ1) is 10.9. The molecule has 3 N–H and O–H groups in total. The van der Waals surface area contributed by atoms with Gasteiger partial charge in [-0.3, -0.25) is 4.79 Å². The second-order valence-electron chi connectivity index (χ2n) is 4.92. The predicted octanol–water partition coefficient (Wildman–Crippen LogP) is 0.0172. The predicted molar refractivity (Wildman–Crippen MR) is 57.4 cm³/mol. The van der Waals surface area contributed by atoms with Crippen molar-refractivity contribution in [1.29, 1.82) is 0 Å². The quantitative estimate of drug-likeness (QED) is 0.615. The SMILES string of the molecule is O=C(CC1CNC1)NC1(CO)CCCC1. The molecule has 0 bridgehead atoms. The fourth-order valence-corrected chi connectivity index (χ4v) is 2.48. The molecule has 2 fully saturated rings. The van der Waals surface area contributed by atoms with Crippen molar-refractivity contribution in [2.45, 2.75) is 37.6 Å². The molecule has 1 aliphatic heterocycles. The van der Waals surface area contributed by atoms with E-state index in [2.05, 4.69) is 10.6 Å². The second-order valence-corrected chi connectivity index (χ2v) is 4.92. The molecule has 0 radical (unpaired) electrons. The molecule has 0 atom stereocenters. The summed E-state index contributed by atoms with van der Waals surface area (Å²) in [6.07, 6.45) is 4.70. The number of amides is 1. The summed E-state index contributed by atoms with van der Waals surface area (Å²) in [4.78, 5) is 11.7. The first-order chi connectivity index (χ1) is 7.24. The molecule has 1 amide bonds. The van der Waals surface area contributed by atoms with Crippen molar-refractivity contribution in [2.24, 2.45) is 5.92 Å². The molecular weight excluding hydrogens is 192 g/mol. The summed E-state index contributed by atoms with van der Waals surface area (Å²) in [7, 11) is 0. The van der Waals surface area contributed by atoms with Crippen LogP contribution in [0.5, 0.6) is 0 Å². The standard InChI is InChI=1S/C11H20N2O2/c14-8-11(3-1-2-4-11)13-10(15)5-9-6-12-7-9/h9,12,14H,1-8H2,(H,13,15). The highest BCUT2D eigenvalue weighted by molar-refractivity contribution is 5.77. The fourth-order valence-electron chi connectivity index (χ4n) is 2.48. The van der Waals surface area contributed by atoms with Crippen LogP contribution in [0, 0.1) is 5.92 Å². The molecule has 0 unspecified atom stereocenters. The minimum absolute atomic E-state index is 0.0850. The monoisotopic (exact) mass is 212 g/mol. The van der Waals surface area contributed by atoms with Gasteiger partial charge in [-0.25, -0.2) is 0 Å². The molecule has 0 aromatic rings. The molecule has 0 spiro atoms. The van der Waals surface area contributed by atoms with Gasteiger partial charge < -0.3 is 15.7 Å². The van der Waals surface area contributed by atoms with Crippen LogP contribution in [0.2, 0.25) is 0 Å². The summed E-state index contributed by atoms with van der Waals surface area (Å²) in [6.45, 7) is 2.00. The number of hydrogen-bond donors (Lipinski definition) is 3. The summed E-state index contributed by atoms with van der Waals surface area (Å²) >= 11 is 0. The molecule has 4 heteroatoms.